The van der Waals surface area contributed by atoms with Crippen molar-refractivity contribution in [1.82, 2.24) is 0 Å². The zero-order valence-electron chi connectivity index (χ0n) is 7.61. The summed E-state index contributed by atoms with van der Waals surface area (Å²) in [6.45, 7) is 1.76. The lowest BCUT2D eigenvalue weighted by Crippen LogP contribution is -2.18. The number of hydrogen-bond acceptors (Lipinski definition) is 3. The molecule has 1 saturated heterocycles. The Kier molecular flexibility index (Phi) is 3.39. The SMILES string of the molecule is Brc1cccc(OCC2OCCO2)c1. The van der Waals surface area contributed by atoms with E-state index in [0.29, 0.717) is 19.8 Å². The third-order valence-corrected chi connectivity index (χ3v) is 2.37. The summed E-state index contributed by atoms with van der Waals surface area (Å²) in [6.07, 6.45) is -0.214. The van der Waals surface area contributed by atoms with Gasteiger partial charge < -0.3 is 14.2 Å². The van der Waals surface area contributed by atoms with Gasteiger partial charge in [-0.15, -0.1) is 0 Å². The molecular formula is C10H11BrO3. The summed E-state index contributed by atoms with van der Waals surface area (Å²) in [5, 5.41) is 0. The van der Waals surface area contributed by atoms with Crippen LogP contribution < -0.4 is 4.74 Å². The molecule has 1 aliphatic rings. The molecule has 1 heterocycles. The number of ether oxygens (including phenoxy) is 3. The predicted molar refractivity (Wildman–Crippen MR) is 55.3 cm³/mol. The molecule has 14 heavy (non-hydrogen) atoms. The lowest BCUT2D eigenvalue weighted by molar-refractivity contribution is -0.0684. The molecule has 1 aliphatic heterocycles. The van der Waals surface area contributed by atoms with E-state index in [9.17, 15) is 0 Å². The molecule has 0 unspecified atom stereocenters. The van der Waals surface area contributed by atoms with Crippen LogP contribution in [0.5, 0.6) is 5.75 Å². The van der Waals surface area contributed by atoms with Crippen LogP contribution in [0.1, 0.15) is 0 Å². The van der Waals surface area contributed by atoms with Gasteiger partial charge in [-0.1, -0.05) is 22.0 Å². The summed E-state index contributed by atoms with van der Waals surface area (Å²) in [5.41, 5.74) is 0. The molecule has 0 atom stereocenters. The summed E-state index contributed by atoms with van der Waals surface area (Å²) < 4.78 is 17.0. The van der Waals surface area contributed by atoms with Gasteiger partial charge in [0.25, 0.3) is 0 Å². The second kappa shape index (κ2) is 4.77. The van der Waals surface area contributed by atoms with Crippen molar-refractivity contribution in [3.63, 3.8) is 0 Å². The van der Waals surface area contributed by atoms with Crippen LogP contribution in [-0.2, 0) is 9.47 Å². The second-order valence-corrected chi connectivity index (χ2v) is 3.86. The van der Waals surface area contributed by atoms with Gasteiger partial charge in [0, 0.05) is 4.47 Å². The average Bonchev–Trinajstić information content (AvgIpc) is 2.67. The molecule has 0 spiro atoms. The molecule has 3 nitrogen and oxygen atoms in total. The van der Waals surface area contributed by atoms with E-state index in [0.717, 1.165) is 10.2 Å². The Morgan fingerprint density at radius 1 is 1.36 bits per heavy atom. The van der Waals surface area contributed by atoms with E-state index in [4.69, 9.17) is 14.2 Å². The fourth-order valence-corrected chi connectivity index (χ4v) is 1.60. The Labute approximate surface area is 91.1 Å². The third-order valence-electron chi connectivity index (χ3n) is 1.87. The maximum Gasteiger partial charge on any atom is 0.191 e. The van der Waals surface area contributed by atoms with Crippen LogP contribution in [0.25, 0.3) is 0 Å². The van der Waals surface area contributed by atoms with Gasteiger partial charge in [0.2, 0.25) is 0 Å². The highest BCUT2D eigenvalue weighted by molar-refractivity contribution is 9.10. The van der Waals surface area contributed by atoms with Crippen molar-refractivity contribution in [2.24, 2.45) is 0 Å². The first-order valence-corrected chi connectivity index (χ1v) is 5.25. The van der Waals surface area contributed by atoms with Crippen molar-refractivity contribution in [1.29, 1.82) is 0 Å². The van der Waals surface area contributed by atoms with Crippen molar-refractivity contribution in [2.75, 3.05) is 19.8 Å². The highest BCUT2D eigenvalue weighted by Gasteiger charge is 2.16. The van der Waals surface area contributed by atoms with Crippen LogP contribution in [-0.4, -0.2) is 26.1 Å². The third kappa shape index (κ3) is 2.70. The second-order valence-electron chi connectivity index (χ2n) is 2.94. The fourth-order valence-electron chi connectivity index (χ4n) is 1.22. The van der Waals surface area contributed by atoms with E-state index in [1.54, 1.807) is 0 Å². The Morgan fingerprint density at radius 3 is 2.86 bits per heavy atom. The summed E-state index contributed by atoms with van der Waals surface area (Å²) in [6, 6.07) is 7.69. The number of halogens is 1. The molecule has 0 bridgehead atoms. The van der Waals surface area contributed by atoms with Crippen LogP contribution in [0.2, 0.25) is 0 Å². The molecule has 0 saturated carbocycles. The normalized spacial score (nSPS) is 17.2. The molecule has 0 radical (unpaired) electrons. The summed E-state index contributed by atoms with van der Waals surface area (Å²) >= 11 is 3.37. The predicted octanol–water partition coefficient (Wildman–Crippen LogP) is 2.20. The zero-order chi connectivity index (χ0) is 9.80. The molecule has 0 aliphatic carbocycles. The minimum absolute atomic E-state index is 0.214. The van der Waals surface area contributed by atoms with Crippen molar-refractivity contribution in [3.8, 4) is 5.75 Å². The standard InChI is InChI=1S/C10H11BrO3/c11-8-2-1-3-9(6-8)14-7-10-12-4-5-13-10/h1-3,6,10H,4-5,7H2. The van der Waals surface area contributed by atoms with Gasteiger partial charge in [-0.25, -0.2) is 0 Å². The van der Waals surface area contributed by atoms with E-state index < -0.39 is 0 Å². The van der Waals surface area contributed by atoms with Gasteiger partial charge in [0.1, 0.15) is 12.4 Å². The molecule has 1 aromatic carbocycles. The van der Waals surface area contributed by atoms with Crippen molar-refractivity contribution < 1.29 is 14.2 Å². The molecular weight excluding hydrogens is 248 g/mol. The lowest BCUT2D eigenvalue weighted by atomic mass is 10.3. The van der Waals surface area contributed by atoms with Crippen molar-refractivity contribution in [2.45, 2.75) is 6.29 Å². The van der Waals surface area contributed by atoms with Crippen LogP contribution in [0.15, 0.2) is 28.7 Å². The zero-order valence-corrected chi connectivity index (χ0v) is 9.20. The van der Waals surface area contributed by atoms with Crippen LogP contribution in [0.4, 0.5) is 0 Å². The van der Waals surface area contributed by atoms with Gasteiger partial charge in [0.05, 0.1) is 13.2 Å². The smallest absolute Gasteiger partial charge is 0.191 e. The van der Waals surface area contributed by atoms with Gasteiger partial charge in [0.15, 0.2) is 6.29 Å². The van der Waals surface area contributed by atoms with E-state index in [2.05, 4.69) is 15.9 Å². The van der Waals surface area contributed by atoms with Gasteiger partial charge in [-0.05, 0) is 18.2 Å². The van der Waals surface area contributed by atoms with Gasteiger partial charge >= 0.3 is 0 Å². The Bertz CT molecular complexity index is 297. The van der Waals surface area contributed by atoms with Crippen LogP contribution in [0.3, 0.4) is 0 Å². The van der Waals surface area contributed by atoms with Gasteiger partial charge in [-0.2, -0.15) is 0 Å². The molecule has 0 aromatic heterocycles. The molecule has 1 aromatic rings. The van der Waals surface area contributed by atoms with Crippen LogP contribution in [0, 0.1) is 0 Å². The largest absolute Gasteiger partial charge is 0.488 e. The molecule has 4 heteroatoms. The highest BCUT2D eigenvalue weighted by atomic mass is 79.9. The topological polar surface area (TPSA) is 27.7 Å². The van der Waals surface area contributed by atoms with Gasteiger partial charge in [-0.3, -0.25) is 0 Å². The van der Waals surface area contributed by atoms with Crippen LogP contribution >= 0.6 is 15.9 Å². The Hall–Kier alpha value is -0.580. The first-order chi connectivity index (χ1) is 6.84. The fraction of sp³-hybridized carbons (Fsp3) is 0.400. The minimum atomic E-state index is -0.214. The average molecular weight is 259 g/mol. The first-order valence-electron chi connectivity index (χ1n) is 4.46. The number of hydrogen-bond donors (Lipinski definition) is 0. The highest BCUT2D eigenvalue weighted by Crippen LogP contribution is 2.18. The summed E-state index contributed by atoms with van der Waals surface area (Å²) in [7, 11) is 0. The number of benzene rings is 1. The Balaban J connectivity index is 1.85. The maximum atomic E-state index is 5.49. The number of rotatable bonds is 3. The van der Waals surface area contributed by atoms with E-state index in [1.165, 1.54) is 0 Å². The molecule has 0 N–H and O–H groups in total. The summed E-state index contributed by atoms with van der Waals surface area (Å²) in [4.78, 5) is 0. The quantitative estimate of drug-likeness (QED) is 0.832. The molecule has 76 valence electrons. The first kappa shape index (κ1) is 9.96. The van der Waals surface area contributed by atoms with E-state index >= 15 is 0 Å². The molecule has 0 amide bonds. The maximum absolute atomic E-state index is 5.49. The Morgan fingerprint density at radius 2 is 2.14 bits per heavy atom. The van der Waals surface area contributed by atoms with E-state index in [-0.39, 0.29) is 6.29 Å². The van der Waals surface area contributed by atoms with Crippen molar-refractivity contribution >= 4 is 15.9 Å². The molecule has 2 rings (SSSR count). The van der Waals surface area contributed by atoms with Crippen molar-refractivity contribution in [3.05, 3.63) is 28.7 Å². The summed E-state index contributed by atoms with van der Waals surface area (Å²) in [5.74, 6) is 0.818. The molecule has 1 fully saturated rings. The van der Waals surface area contributed by atoms with E-state index in [1.807, 2.05) is 24.3 Å². The monoisotopic (exact) mass is 258 g/mol. The minimum Gasteiger partial charge on any atom is -0.488 e. The lowest BCUT2D eigenvalue weighted by Gasteiger charge is -2.10.